The van der Waals surface area contributed by atoms with Gasteiger partial charge in [0.1, 0.15) is 5.75 Å². The molecular formula is C16H23NO3S. The summed E-state index contributed by atoms with van der Waals surface area (Å²) in [6.07, 6.45) is 5.90. The molecule has 4 nitrogen and oxygen atoms in total. The van der Waals surface area contributed by atoms with E-state index < -0.39 is 10.0 Å². The normalized spacial score (nSPS) is 24.5. The highest BCUT2D eigenvalue weighted by Gasteiger charge is 2.30. The SMILES string of the molecule is CC1CCN(S(=O)(=O)c2ccc(OC3CCCC3)cc2)C1. The van der Waals surface area contributed by atoms with Crippen molar-refractivity contribution in [3.8, 4) is 5.75 Å². The summed E-state index contributed by atoms with van der Waals surface area (Å²) >= 11 is 0. The van der Waals surface area contributed by atoms with Gasteiger partial charge in [-0.15, -0.1) is 0 Å². The molecule has 1 unspecified atom stereocenters. The highest BCUT2D eigenvalue weighted by Crippen LogP contribution is 2.27. The third-order valence-electron chi connectivity index (χ3n) is 4.45. The van der Waals surface area contributed by atoms with Gasteiger partial charge in [-0.05, 0) is 62.3 Å². The van der Waals surface area contributed by atoms with Gasteiger partial charge in [0.15, 0.2) is 0 Å². The Labute approximate surface area is 127 Å². The maximum absolute atomic E-state index is 12.5. The van der Waals surface area contributed by atoms with Crippen LogP contribution in [0, 0.1) is 5.92 Å². The second-order valence-corrected chi connectivity index (χ2v) is 8.19. The first-order valence-electron chi connectivity index (χ1n) is 7.82. The van der Waals surface area contributed by atoms with Gasteiger partial charge in [0.05, 0.1) is 11.0 Å². The van der Waals surface area contributed by atoms with E-state index in [1.165, 1.54) is 12.8 Å². The number of sulfonamides is 1. The van der Waals surface area contributed by atoms with Crippen molar-refractivity contribution in [1.29, 1.82) is 0 Å². The number of rotatable bonds is 4. The Morgan fingerprint density at radius 1 is 1.10 bits per heavy atom. The molecule has 0 spiro atoms. The summed E-state index contributed by atoms with van der Waals surface area (Å²) in [4.78, 5) is 0.371. The lowest BCUT2D eigenvalue weighted by molar-refractivity contribution is 0.210. The standard InChI is InChI=1S/C16H23NO3S/c1-13-10-11-17(12-13)21(18,19)16-8-6-15(7-9-16)20-14-4-2-3-5-14/h6-9,13-14H,2-5,10-12H2,1H3. The molecule has 1 aliphatic carbocycles. The Morgan fingerprint density at radius 3 is 2.33 bits per heavy atom. The van der Waals surface area contributed by atoms with Gasteiger partial charge in [0.25, 0.3) is 0 Å². The number of nitrogens with zero attached hydrogens (tertiary/aromatic N) is 1. The first-order chi connectivity index (χ1) is 10.1. The Kier molecular flexibility index (Phi) is 4.22. The van der Waals surface area contributed by atoms with E-state index >= 15 is 0 Å². The summed E-state index contributed by atoms with van der Waals surface area (Å²) in [5.74, 6) is 1.22. The van der Waals surface area contributed by atoms with E-state index in [-0.39, 0.29) is 0 Å². The van der Waals surface area contributed by atoms with Gasteiger partial charge in [0, 0.05) is 13.1 Å². The van der Waals surface area contributed by atoms with E-state index in [2.05, 4.69) is 6.92 Å². The highest BCUT2D eigenvalue weighted by atomic mass is 32.2. The van der Waals surface area contributed by atoms with Crippen molar-refractivity contribution < 1.29 is 13.2 Å². The van der Waals surface area contributed by atoms with E-state index in [0.29, 0.717) is 30.0 Å². The predicted octanol–water partition coefficient (Wildman–Crippen LogP) is 3.04. The molecule has 5 heteroatoms. The van der Waals surface area contributed by atoms with Gasteiger partial charge in [0.2, 0.25) is 10.0 Å². The Morgan fingerprint density at radius 2 is 1.76 bits per heavy atom. The van der Waals surface area contributed by atoms with Crippen LogP contribution in [0.2, 0.25) is 0 Å². The molecule has 1 saturated carbocycles. The van der Waals surface area contributed by atoms with E-state index in [9.17, 15) is 8.42 Å². The summed E-state index contributed by atoms with van der Waals surface area (Å²) in [5, 5.41) is 0. The molecule has 2 aliphatic rings. The van der Waals surface area contributed by atoms with E-state index in [4.69, 9.17) is 4.74 Å². The topological polar surface area (TPSA) is 46.6 Å². The molecule has 0 aromatic heterocycles. The van der Waals surface area contributed by atoms with Crippen molar-refractivity contribution in [2.24, 2.45) is 5.92 Å². The minimum absolute atomic E-state index is 0.298. The molecular weight excluding hydrogens is 286 g/mol. The lowest BCUT2D eigenvalue weighted by atomic mass is 10.2. The third kappa shape index (κ3) is 3.24. The molecule has 1 aliphatic heterocycles. The van der Waals surface area contributed by atoms with Crippen molar-refractivity contribution in [1.82, 2.24) is 4.31 Å². The molecule has 1 heterocycles. The van der Waals surface area contributed by atoms with Gasteiger partial charge < -0.3 is 4.74 Å². The van der Waals surface area contributed by atoms with Gasteiger partial charge >= 0.3 is 0 Å². The van der Waals surface area contributed by atoms with E-state index in [1.54, 1.807) is 28.6 Å². The number of hydrogen-bond acceptors (Lipinski definition) is 3. The zero-order valence-electron chi connectivity index (χ0n) is 12.5. The van der Waals surface area contributed by atoms with Crippen LogP contribution in [0.25, 0.3) is 0 Å². The largest absolute Gasteiger partial charge is 0.490 e. The second kappa shape index (κ2) is 5.97. The Hall–Kier alpha value is -1.07. The van der Waals surface area contributed by atoms with Crippen LogP contribution in [0.1, 0.15) is 39.0 Å². The van der Waals surface area contributed by atoms with Crippen LogP contribution in [0.15, 0.2) is 29.2 Å². The third-order valence-corrected chi connectivity index (χ3v) is 6.33. The van der Waals surface area contributed by atoms with Crippen LogP contribution in [0.5, 0.6) is 5.75 Å². The highest BCUT2D eigenvalue weighted by molar-refractivity contribution is 7.89. The smallest absolute Gasteiger partial charge is 0.243 e. The zero-order valence-corrected chi connectivity index (χ0v) is 13.3. The molecule has 1 aromatic carbocycles. The van der Waals surface area contributed by atoms with Crippen molar-refractivity contribution in [2.45, 2.75) is 50.0 Å². The van der Waals surface area contributed by atoms with E-state index in [0.717, 1.165) is 25.0 Å². The molecule has 1 atom stereocenters. The molecule has 1 saturated heterocycles. The van der Waals surface area contributed by atoms with Crippen LogP contribution in [-0.4, -0.2) is 31.9 Å². The monoisotopic (exact) mass is 309 g/mol. The molecule has 1 aromatic rings. The molecule has 3 rings (SSSR count). The fourth-order valence-corrected chi connectivity index (χ4v) is 4.73. The fourth-order valence-electron chi connectivity index (χ4n) is 3.15. The Balaban J connectivity index is 1.71. The molecule has 0 bridgehead atoms. The van der Waals surface area contributed by atoms with Gasteiger partial charge in [-0.1, -0.05) is 6.92 Å². The number of ether oxygens (including phenoxy) is 1. The van der Waals surface area contributed by atoms with Crippen LogP contribution in [-0.2, 0) is 10.0 Å². The minimum Gasteiger partial charge on any atom is -0.490 e. The Bertz CT molecular complexity index is 576. The lowest BCUT2D eigenvalue weighted by Gasteiger charge is -2.17. The number of benzene rings is 1. The molecule has 2 fully saturated rings. The van der Waals surface area contributed by atoms with Crippen LogP contribution in [0.3, 0.4) is 0 Å². The van der Waals surface area contributed by atoms with Crippen molar-refractivity contribution in [2.75, 3.05) is 13.1 Å². The summed E-state index contributed by atoms with van der Waals surface area (Å²) < 4.78 is 32.5. The van der Waals surface area contributed by atoms with Crippen molar-refractivity contribution in [3.63, 3.8) is 0 Å². The number of hydrogen-bond donors (Lipinski definition) is 0. The summed E-state index contributed by atoms with van der Waals surface area (Å²) in [5.41, 5.74) is 0. The van der Waals surface area contributed by atoms with E-state index in [1.807, 2.05) is 0 Å². The summed E-state index contributed by atoms with van der Waals surface area (Å²) in [7, 11) is -3.34. The summed E-state index contributed by atoms with van der Waals surface area (Å²) in [6.45, 7) is 3.35. The second-order valence-electron chi connectivity index (χ2n) is 6.25. The maximum atomic E-state index is 12.5. The minimum atomic E-state index is -3.34. The van der Waals surface area contributed by atoms with Crippen LogP contribution >= 0.6 is 0 Å². The molecule has 21 heavy (non-hydrogen) atoms. The molecule has 116 valence electrons. The van der Waals surface area contributed by atoms with Crippen molar-refractivity contribution >= 4 is 10.0 Å². The van der Waals surface area contributed by atoms with Crippen molar-refractivity contribution in [3.05, 3.63) is 24.3 Å². The quantitative estimate of drug-likeness (QED) is 0.859. The van der Waals surface area contributed by atoms with Crippen LogP contribution in [0.4, 0.5) is 0 Å². The first-order valence-corrected chi connectivity index (χ1v) is 9.26. The summed E-state index contributed by atoms with van der Waals surface area (Å²) in [6, 6.07) is 6.90. The molecule has 0 radical (unpaired) electrons. The predicted molar refractivity (Wildman–Crippen MR) is 81.9 cm³/mol. The fraction of sp³-hybridized carbons (Fsp3) is 0.625. The van der Waals surface area contributed by atoms with Gasteiger partial charge in [-0.3, -0.25) is 0 Å². The average Bonchev–Trinajstić information content (AvgIpc) is 3.11. The molecule has 0 amide bonds. The lowest BCUT2D eigenvalue weighted by Crippen LogP contribution is -2.28. The molecule has 0 N–H and O–H groups in total. The average molecular weight is 309 g/mol. The maximum Gasteiger partial charge on any atom is 0.243 e. The van der Waals surface area contributed by atoms with Crippen LogP contribution < -0.4 is 4.74 Å². The zero-order chi connectivity index (χ0) is 14.9. The van der Waals surface area contributed by atoms with Gasteiger partial charge in [-0.2, -0.15) is 4.31 Å². The first kappa shape index (κ1) is 14.9. The van der Waals surface area contributed by atoms with Gasteiger partial charge in [-0.25, -0.2) is 8.42 Å².